The lowest BCUT2D eigenvalue weighted by Crippen LogP contribution is -2.22. The summed E-state index contributed by atoms with van der Waals surface area (Å²) in [6, 6.07) is 9.52. The fourth-order valence-electron chi connectivity index (χ4n) is 3.07. The van der Waals surface area contributed by atoms with Crippen LogP contribution < -0.4 is 9.47 Å². The van der Waals surface area contributed by atoms with Crippen LogP contribution in [0.4, 0.5) is 0 Å². The second kappa shape index (κ2) is 10.3. The Morgan fingerprint density at radius 3 is 2.52 bits per heavy atom. The largest absolute Gasteiger partial charge is 0.490 e. The molecule has 0 aliphatic carbocycles. The molecule has 1 aliphatic heterocycles. The molecule has 0 radical (unpaired) electrons. The van der Waals surface area contributed by atoms with Crippen LogP contribution >= 0.6 is 47.2 Å². The molecule has 0 unspecified atom stereocenters. The zero-order chi connectivity index (χ0) is 22.7. The van der Waals surface area contributed by atoms with Crippen molar-refractivity contribution < 1.29 is 14.3 Å². The molecule has 1 heterocycles. The van der Waals surface area contributed by atoms with Crippen molar-refractivity contribution in [3.63, 3.8) is 0 Å². The minimum atomic E-state index is -0.166. The van der Waals surface area contributed by atoms with Crippen LogP contribution in [-0.4, -0.2) is 35.4 Å². The molecule has 1 fully saturated rings. The van der Waals surface area contributed by atoms with Gasteiger partial charge in [-0.15, -0.1) is 0 Å². The Bertz CT molecular complexity index is 1050. The molecule has 0 spiro atoms. The van der Waals surface area contributed by atoms with E-state index in [1.165, 1.54) is 16.7 Å². The molecule has 31 heavy (non-hydrogen) atoms. The summed E-state index contributed by atoms with van der Waals surface area (Å²) < 4.78 is 12.4. The minimum absolute atomic E-state index is 0.166. The van der Waals surface area contributed by atoms with E-state index in [9.17, 15) is 4.79 Å². The van der Waals surface area contributed by atoms with Crippen LogP contribution in [0.1, 0.15) is 36.5 Å². The fraction of sp³-hybridized carbons (Fsp3) is 0.304. The predicted molar refractivity (Wildman–Crippen MR) is 134 cm³/mol. The molecule has 4 nitrogen and oxygen atoms in total. The molecule has 2 aromatic rings. The van der Waals surface area contributed by atoms with Crippen molar-refractivity contribution in [1.82, 2.24) is 4.90 Å². The van der Waals surface area contributed by atoms with Crippen molar-refractivity contribution in [2.75, 3.05) is 20.3 Å². The van der Waals surface area contributed by atoms with Crippen LogP contribution in [0.2, 0.25) is 10.0 Å². The molecule has 1 amide bonds. The van der Waals surface area contributed by atoms with Gasteiger partial charge in [0.2, 0.25) is 0 Å². The van der Waals surface area contributed by atoms with Crippen LogP contribution in [0, 0.1) is 6.92 Å². The van der Waals surface area contributed by atoms with Crippen molar-refractivity contribution in [3.8, 4) is 11.5 Å². The monoisotopic (exact) mass is 495 g/mol. The van der Waals surface area contributed by atoms with Gasteiger partial charge in [0.1, 0.15) is 29.0 Å². The third-order valence-corrected chi connectivity index (χ3v) is 6.67. The summed E-state index contributed by atoms with van der Waals surface area (Å²) >= 11 is 19.0. The number of aryl methyl sites for hydroxylation is 1. The summed E-state index contributed by atoms with van der Waals surface area (Å²) in [5.74, 6) is 1.49. The van der Waals surface area contributed by atoms with Gasteiger partial charge >= 0.3 is 0 Å². The third kappa shape index (κ3) is 5.75. The van der Waals surface area contributed by atoms with Gasteiger partial charge in [-0.25, -0.2) is 0 Å². The van der Waals surface area contributed by atoms with Crippen molar-refractivity contribution >= 4 is 63.5 Å². The van der Waals surface area contributed by atoms with Gasteiger partial charge in [-0.2, -0.15) is 0 Å². The van der Waals surface area contributed by atoms with Gasteiger partial charge in [0.05, 0.1) is 9.93 Å². The topological polar surface area (TPSA) is 38.8 Å². The standard InChI is InChI=1S/C23H23Cl2NO3S2/c1-13(2)17-6-5-14(3)9-19(17)28-7-8-29-21-15(10-16(24)12-18(21)25)11-20-22(27)26(4)23(30)31-20/h5-6,9-13H,7-8H2,1-4H3. The van der Waals surface area contributed by atoms with E-state index in [0.29, 0.717) is 43.1 Å². The lowest BCUT2D eigenvalue weighted by molar-refractivity contribution is -0.121. The number of nitrogens with zero attached hydrogens (tertiary/aromatic N) is 1. The van der Waals surface area contributed by atoms with Crippen LogP contribution in [0.15, 0.2) is 35.2 Å². The number of hydrogen-bond acceptors (Lipinski definition) is 5. The molecule has 164 valence electrons. The molecular weight excluding hydrogens is 473 g/mol. The Kier molecular flexibility index (Phi) is 7.92. The van der Waals surface area contributed by atoms with Gasteiger partial charge in [-0.1, -0.05) is 73.2 Å². The Balaban J connectivity index is 1.75. The molecule has 3 rings (SSSR count). The van der Waals surface area contributed by atoms with E-state index in [0.717, 1.165) is 16.9 Å². The zero-order valence-corrected chi connectivity index (χ0v) is 20.8. The number of halogens is 2. The predicted octanol–water partition coefficient (Wildman–Crippen LogP) is 6.71. The maximum atomic E-state index is 12.4. The average Bonchev–Trinajstić information content (AvgIpc) is 2.93. The smallest absolute Gasteiger partial charge is 0.265 e. The number of carbonyl (C=O) groups is 1. The number of ether oxygens (including phenoxy) is 2. The van der Waals surface area contributed by atoms with Crippen LogP contribution in [-0.2, 0) is 4.79 Å². The maximum Gasteiger partial charge on any atom is 0.265 e. The lowest BCUT2D eigenvalue weighted by Gasteiger charge is -2.16. The highest BCUT2D eigenvalue weighted by atomic mass is 35.5. The first-order valence-electron chi connectivity index (χ1n) is 9.74. The molecule has 1 aliphatic rings. The quantitative estimate of drug-likeness (QED) is 0.242. The van der Waals surface area contributed by atoms with E-state index in [1.54, 1.807) is 25.3 Å². The number of hydrogen-bond donors (Lipinski definition) is 0. The van der Waals surface area contributed by atoms with E-state index in [4.69, 9.17) is 44.9 Å². The molecule has 2 aromatic carbocycles. The molecule has 0 aromatic heterocycles. The Hall–Kier alpha value is -1.73. The summed E-state index contributed by atoms with van der Waals surface area (Å²) in [7, 11) is 1.65. The normalized spacial score (nSPS) is 15.3. The minimum Gasteiger partial charge on any atom is -0.490 e. The van der Waals surface area contributed by atoms with E-state index in [-0.39, 0.29) is 12.5 Å². The number of thiocarbonyl (C=S) groups is 1. The second-order valence-corrected chi connectivity index (χ2v) is 9.96. The molecule has 8 heteroatoms. The van der Waals surface area contributed by atoms with Gasteiger partial charge in [0.25, 0.3) is 5.91 Å². The van der Waals surface area contributed by atoms with Gasteiger partial charge < -0.3 is 9.47 Å². The van der Waals surface area contributed by atoms with E-state index < -0.39 is 0 Å². The number of amides is 1. The summed E-state index contributed by atoms with van der Waals surface area (Å²) in [5, 5.41) is 0.817. The molecular formula is C23H23Cl2NO3S2. The van der Waals surface area contributed by atoms with Crippen molar-refractivity contribution in [2.24, 2.45) is 0 Å². The number of rotatable bonds is 7. The molecule has 1 saturated heterocycles. The lowest BCUT2D eigenvalue weighted by atomic mass is 10.0. The van der Waals surface area contributed by atoms with Gasteiger partial charge in [-0.05, 0) is 48.2 Å². The van der Waals surface area contributed by atoms with Crippen molar-refractivity contribution in [2.45, 2.75) is 26.7 Å². The summed E-state index contributed by atoms with van der Waals surface area (Å²) in [6.07, 6.45) is 1.70. The van der Waals surface area contributed by atoms with Crippen LogP contribution in [0.25, 0.3) is 6.08 Å². The highest BCUT2D eigenvalue weighted by molar-refractivity contribution is 8.26. The number of likely N-dealkylation sites (N-methyl/N-ethyl adjacent to an activating group) is 1. The molecule has 0 bridgehead atoms. The highest BCUT2D eigenvalue weighted by Crippen LogP contribution is 2.38. The fourth-order valence-corrected chi connectivity index (χ4v) is 4.80. The first-order chi connectivity index (χ1) is 14.7. The van der Waals surface area contributed by atoms with E-state index in [2.05, 4.69) is 26.0 Å². The van der Waals surface area contributed by atoms with Crippen LogP contribution in [0.5, 0.6) is 11.5 Å². The summed E-state index contributed by atoms with van der Waals surface area (Å²) in [5.41, 5.74) is 2.90. The summed E-state index contributed by atoms with van der Waals surface area (Å²) in [4.78, 5) is 14.3. The first-order valence-corrected chi connectivity index (χ1v) is 11.7. The number of carbonyl (C=O) groups excluding carboxylic acids is 1. The third-order valence-electron chi connectivity index (χ3n) is 4.69. The van der Waals surface area contributed by atoms with E-state index >= 15 is 0 Å². The van der Waals surface area contributed by atoms with Crippen LogP contribution in [0.3, 0.4) is 0 Å². The van der Waals surface area contributed by atoms with Crippen molar-refractivity contribution in [1.29, 1.82) is 0 Å². The first kappa shape index (κ1) is 23.9. The van der Waals surface area contributed by atoms with Gasteiger partial charge in [-0.3, -0.25) is 9.69 Å². The van der Waals surface area contributed by atoms with Gasteiger partial charge in [0.15, 0.2) is 0 Å². The molecule has 0 N–H and O–H groups in total. The average molecular weight is 496 g/mol. The number of benzene rings is 2. The second-order valence-electron chi connectivity index (χ2n) is 7.44. The Labute approximate surface area is 202 Å². The van der Waals surface area contributed by atoms with Crippen molar-refractivity contribution in [3.05, 3.63) is 62.0 Å². The molecule has 0 atom stereocenters. The SMILES string of the molecule is Cc1ccc(C(C)C)c(OCCOc2c(Cl)cc(Cl)cc2C=C2SC(=S)N(C)C2=O)c1. The Morgan fingerprint density at radius 1 is 1.16 bits per heavy atom. The van der Waals surface area contributed by atoms with E-state index in [1.807, 2.05) is 13.0 Å². The zero-order valence-electron chi connectivity index (χ0n) is 17.7. The highest BCUT2D eigenvalue weighted by Gasteiger charge is 2.29. The summed E-state index contributed by atoms with van der Waals surface area (Å²) in [6.45, 7) is 6.92. The van der Waals surface area contributed by atoms with Gasteiger partial charge in [0, 0.05) is 17.6 Å². The molecule has 0 saturated carbocycles. The number of thioether (sulfide) groups is 1. The Morgan fingerprint density at radius 2 is 1.87 bits per heavy atom. The maximum absolute atomic E-state index is 12.4.